The number of amides is 3. The summed E-state index contributed by atoms with van der Waals surface area (Å²) >= 11 is 0. The zero-order chi connectivity index (χ0) is 16.0. The van der Waals surface area contributed by atoms with Gasteiger partial charge in [0, 0.05) is 39.6 Å². The second-order valence-corrected chi connectivity index (χ2v) is 5.37. The van der Waals surface area contributed by atoms with Crippen LogP contribution in [0.3, 0.4) is 0 Å². The first-order valence-corrected chi connectivity index (χ1v) is 7.22. The van der Waals surface area contributed by atoms with E-state index < -0.39 is 5.97 Å². The number of likely N-dealkylation sites (tertiary alicyclic amines) is 1. The lowest BCUT2D eigenvalue weighted by molar-refractivity contribution is -0.148. The average molecular weight is 299 g/mol. The van der Waals surface area contributed by atoms with Crippen LogP contribution in [-0.2, 0) is 14.3 Å². The number of carbonyl (C=O) groups is 3. The highest BCUT2D eigenvalue weighted by atomic mass is 16.5. The predicted molar refractivity (Wildman–Crippen MR) is 77.7 cm³/mol. The molecule has 0 aromatic heterocycles. The number of nitrogens with zero attached hydrogens (tertiary/aromatic N) is 3. The molecule has 0 radical (unpaired) electrons. The van der Waals surface area contributed by atoms with Crippen molar-refractivity contribution in [2.75, 3.05) is 47.4 Å². The van der Waals surface area contributed by atoms with Crippen LogP contribution < -0.4 is 0 Å². The Balaban J connectivity index is 2.54. The van der Waals surface area contributed by atoms with E-state index in [4.69, 9.17) is 0 Å². The molecular weight excluding hydrogens is 274 g/mol. The normalized spacial score (nSPS) is 15.5. The third kappa shape index (κ3) is 4.61. The molecule has 7 nitrogen and oxygen atoms in total. The number of hydrogen-bond acceptors (Lipinski definition) is 4. The van der Waals surface area contributed by atoms with Crippen LogP contribution in [0.15, 0.2) is 0 Å². The van der Waals surface area contributed by atoms with Crippen LogP contribution in [0.5, 0.6) is 0 Å². The SMILES string of the molecule is CCN(CC(=O)OC)C(=O)C1CCN(C(=O)N(C)C)CC1. The molecule has 0 atom stereocenters. The molecule has 7 heteroatoms. The zero-order valence-electron chi connectivity index (χ0n) is 13.3. The second-order valence-electron chi connectivity index (χ2n) is 5.37. The summed E-state index contributed by atoms with van der Waals surface area (Å²) in [5.41, 5.74) is 0. The molecule has 1 heterocycles. The Morgan fingerprint density at radius 2 is 1.76 bits per heavy atom. The van der Waals surface area contributed by atoms with Crippen molar-refractivity contribution in [1.82, 2.24) is 14.7 Å². The van der Waals surface area contributed by atoms with Crippen molar-refractivity contribution in [2.24, 2.45) is 5.92 Å². The summed E-state index contributed by atoms with van der Waals surface area (Å²) in [6.45, 7) is 3.45. The molecule has 1 aliphatic heterocycles. The number of esters is 1. The largest absolute Gasteiger partial charge is 0.468 e. The Labute approximate surface area is 125 Å². The third-order valence-corrected chi connectivity index (χ3v) is 3.74. The number of hydrogen-bond donors (Lipinski definition) is 0. The maximum absolute atomic E-state index is 12.4. The lowest BCUT2D eigenvalue weighted by Crippen LogP contribution is -2.48. The summed E-state index contributed by atoms with van der Waals surface area (Å²) in [4.78, 5) is 40.4. The van der Waals surface area contributed by atoms with Gasteiger partial charge in [0.2, 0.25) is 5.91 Å². The summed E-state index contributed by atoms with van der Waals surface area (Å²) in [6.07, 6.45) is 1.27. The highest BCUT2D eigenvalue weighted by molar-refractivity contribution is 5.84. The maximum Gasteiger partial charge on any atom is 0.325 e. The number of urea groups is 1. The number of rotatable bonds is 4. The molecular formula is C14H25N3O4. The summed E-state index contributed by atoms with van der Waals surface area (Å²) in [7, 11) is 4.75. The first-order valence-electron chi connectivity index (χ1n) is 7.22. The van der Waals surface area contributed by atoms with Gasteiger partial charge in [0.15, 0.2) is 0 Å². The molecule has 0 bridgehead atoms. The fraction of sp³-hybridized carbons (Fsp3) is 0.786. The van der Waals surface area contributed by atoms with Crippen molar-refractivity contribution in [3.63, 3.8) is 0 Å². The smallest absolute Gasteiger partial charge is 0.325 e. The quantitative estimate of drug-likeness (QED) is 0.705. The molecule has 21 heavy (non-hydrogen) atoms. The monoisotopic (exact) mass is 299 g/mol. The van der Waals surface area contributed by atoms with E-state index in [1.54, 1.807) is 19.0 Å². The van der Waals surface area contributed by atoms with Gasteiger partial charge in [0.1, 0.15) is 6.54 Å². The van der Waals surface area contributed by atoms with Crippen LogP contribution in [0.1, 0.15) is 19.8 Å². The predicted octanol–water partition coefficient (Wildman–Crippen LogP) is 0.402. The molecule has 0 aliphatic carbocycles. The Morgan fingerprint density at radius 1 is 1.19 bits per heavy atom. The van der Waals surface area contributed by atoms with Gasteiger partial charge < -0.3 is 19.4 Å². The number of carbonyl (C=O) groups excluding carboxylic acids is 3. The van der Waals surface area contributed by atoms with Gasteiger partial charge >= 0.3 is 12.0 Å². The Bertz CT molecular complexity index is 390. The van der Waals surface area contributed by atoms with Gasteiger partial charge in [-0.25, -0.2) is 4.79 Å². The Kier molecular flexibility index (Phi) is 6.45. The molecule has 1 aliphatic rings. The fourth-order valence-corrected chi connectivity index (χ4v) is 2.42. The van der Waals surface area contributed by atoms with Crippen LogP contribution in [0.4, 0.5) is 4.79 Å². The average Bonchev–Trinajstić information content (AvgIpc) is 2.50. The molecule has 3 amide bonds. The molecule has 0 aromatic carbocycles. The highest BCUT2D eigenvalue weighted by Crippen LogP contribution is 2.20. The lowest BCUT2D eigenvalue weighted by Gasteiger charge is -2.34. The first-order chi connectivity index (χ1) is 9.90. The van der Waals surface area contributed by atoms with Gasteiger partial charge in [0.05, 0.1) is 7.11 Å². The van der Waals surface area contributed by atoms with Crippen LogP contribution in [0.2, 0.25) is 0 Å². The van der Waals surface area contributed by atoms with Crippen molar-refractivity contribution < 1.29 is 19.1 Å². The lowest BCUT2D eigenvalue weighted by atomic mass is 9.95. The van der Waals surface area contributed by atoms with Gasteiger partial charge in [-0.1, -0.05) is 0 Å². The Hall–Kier alpha value is -1.79. The fourth-order valence-electron chi connectivity index (χ4n) is 2.42. The molecule has 1 fully saturated rings. The van der Waals surface area contributed by atoms with E-state index in [0.717, 1.165) is 0 Å². The molecule has 1 rings (SSSR count). The third-order valence-electron chi connectivity index (χ3n) is 3.74. The van der Waals surface area contributed by atoms with Crippen molar-refractivity contribution in [3.05, 3.63) is 0 Å². The first kappa shape index (κ1) is 17.3. The van der Waals surface area contributed by atoms with E-state index in [1.165, 1.54) is 16.9 Å². The summed E-state index contributed by atoms with van der Waals surface area (Å²) in [5, 5.41) is 0. The zero-order valence-corrected chi connectivity index (χ0v) is 13.3. The van der Waals surface area contributed by atoms with E-state index in [9.17, 15) is 14.4 Å². The second kappa shape index (κ2) is 7.85. The van der Waals surface area contributed by atoms with Crippen molar-refractivity contribution in [1.29, 1.82) is 0 Å². The van der Waals surface area contributed by atoms with Gasteiger partial charge in [-0.05, 0) is 19.8 Å². The van der Waals surface area contributed by atoms with Crippen LogP contribution in [0.25, 0.3) is 0 Å². The maximum atomic E-state index is 12.4. The van der Waals surface area contributed by atoms with Crippen LogP contribution in [0, 0.1) is 5.92 Å². The van der Waals surface area contributed by atoms with Gasteiger partial charge in [-0.15, -0.1) is 0 Å². The summed E-state index contributed by atoms with van der Waals surface area (Å²) < 4.78 is 4.60. The molecule has 0 saturated carbocycles. The van der Waals surface area contributed by atoms with Gasteiger partial charge in [-0.3, -0.25) is 9.59 Å². The minimum absolute atomic E-state index is 0.0112. The van der Waals surface area contributed by atoms with Crippen LogP contribution >= 0.6 is 0 Å². The van der Waals surface area contributed by atoms with Crippen molar-refractivity contribution >= 4 is 17.9 Å². The standard InChI is InChI=1S/C14H25N3O4/c1-5-16(10-12(18)21-4)13(19)11-6-8-17(9-7-11)14(20)15(2)3/h11H,5-10H2,1-4H3. The van der Waals surface area contributed by atoms with Crippen molar-refractivity contribution in [2.45, 2.75) is 19.8 Å². The minimum Gasteiger partial charge on any atom is -0.468 e. The highest BCUT2D eigenvalue weighted by Gasteiger charge is 2.30. The number of methoxy groups -OCH3 is 1. The summed E-state index contributed by atoms with van der Waals surface area (Å²) in [5.74, 6) is -0.564. The summed E-state index contributed by atoms with van der Waals surface area (Å²) in [6, 6.07) is -0.0252. The van der Waals surface area contributed by atoms with E-state index in [1.807, 2.05) is 6.92 Å². The molecule has 1 saturated heterocycles. The van der Waals surface area contributed by atoms with Crippen LogP contribution in [-0.4, -0.2) is 80.0 Å². The molecule has 120 valence electrons. The molecule has 0 unspecified atom stereocenters. The molecule has 0 aromatic rings. The van der Waals surface area contributed by atoms with Crippen molar-refractivity contribution in [3.8, 4) is 0 Å². The number of likely N-dealkylation sites (N-methyl/N-ethyl adjacent to an activating group) is 1. The van der Waals surface area contributed by atoms with E-state index in [0.29, 0.717) is 32.5 Å². The topological polar surface area (TPSA) is 70.2 Å². The van der Waals surface area contributed by atoms with E-state index in [2.05, 4.69) is 4.74 Å². The Morgan fingerprint density at radius 3 is 2.19 bits per heavy atom. The van der Waals surface area contributed by atoms with E-state index >= 15 is 0 Å². The van der Waals surface area contributed by atoms with E-state index in [-0.39, 0.29) is 24.4 Å². The molecule has 0 spiro atoms. The minimum atomic E-state index is -0.412. The number of ether oxygens (including phenoxy) is 1. The number of piperidine rings is 1. The molecule has 0 N–H and O–H groups in total. The van der Waals surface area contributed by atoms with Gasteiger partial charge in [-0.2, -0.15) is 0 Å². The van der Waals surface area contributed by atoms with Gasteiger partial charge in [0.25, 0.3) is 0 Å².